The summed E-state index contributed by atoms with van der Waals surface area (Å²) in [5.41, 5.74) is 1.99. The van der Waals surface area contributed by atoms with Gasteiger partial charge in [0.2, 0.25) is 0 Å². The number of carbonyl (C=O) groups excluding carboxylic acids is 1. The normalized spacial score (nSPS) is 10.1. The van der Waals surface area contributed by atoms with Gasteiger partial charge < -0.3 is 10.6 Å². The minimum Gasteiger partial charge on any atom is -0.388 e. The molecule has 0 bridgehead atoms. The molecule has 5 heteroatoms. The van der Waals surface area contributed by atoms with E-state index in [1.165, 1.54) is 0 Å². The van der Waals surface area contributed by atoms with E-state index >= 15 is 0 Å². The molecule has 98 valence electrons. The fourth-order valence-corrected chi connectivity index (χ4v) is 1.93. The van der Waals surface area contributed by atoms with E-state index in [2.05, 4.69) is 10.6 Å². The summed E-state index contributed by atoms with van der Waals surface area (Å²) in [6.45, 7) is 0. The molecular formula is C14H12Cl2N2O. The van der Waals surface area contributed by atoms with Gasteiger partial charge in [-0.05, 0) is 36.4 Å². The summed E-state index contributed by atoms with van der Waals surface area (Å²) in [6.07, 6.45) is 0. The zero-order valence-corrected chi connectivity index (χ0v) is 11.7. The first-order valence-corrected chi connectivity index (χ1v) is 6.40. The lowest BCUT2D eigenvalue weighted by atomic mass is 10.2. The fourth-order valence-electron chi connectivity index (χ4n) is 1.58. The third-order valence-corrected chi connectivity index (χ3v) is 3.45. The van der Waals surface area contributed by atoms with Crippen molar-refractivity contribution in [1.29, 1.82) is 0 Å². The van der Waals surface area contributed by atoms with Crippen LogP contribution in [0.3, 0.4) is 0 Å². The van der Waals surface area contributed by atoms with Crippen LogP contribution >= 0.6 is 23.2 Å². The highest BCUT2D eigenvalue weighted by Gasteiger charge is 2.09. The molecule has 0 aromatic heterocycles. The number of hydrogen-bond acceptors (Lipinski definition) is 2. The molecule has 0 aliphatic carbocycles. The summed E-state index contributed by atoms with van der Waals surface area (Å²) in [4.78, 5) is 12.0. The highest BCUT2D eigenvalue weighted by molar-refractivity contribution is 6.44. The van der Waals surface area contributed by atoms with Crippen molar-refractivity contribution in [2.75, 3.05) is 17.7 Å². The Hall–Kier alpha value is -1.71. The maximum absolute atomic E-state index is 12.0. The van der Waals surface area contributed by atoms with Gasteiger partial charge in [-0.2, -0.15) is 0 Å². The number of nitrogens with one attached hydrogen (secondary N) is 2. The molecule has 0 aliphatic rings. The number of hydrogen-bond donors (Lipinski definition) is 2. The first-order valence-electron chi connectivity index (χ1n) is 5.65. The molecule has 19 heavy (non-hydrogen) atoms. The molecule has 3 nitrogen and oxygen atoms in total. The molecule has 0 spiro atoms. The van der Waals surface area contributed by atoms with Crippen LogP contribution in [0.25, 0.3) is 0 Å². The van der Waals surface area contributed by atoms with Crippen molar-refractivity contribution < 1.29 is 4.79 Å². The van der Waals surface area contributed by atoms with Gasteiger partial charge in [-0.3, -0.25) is 4.79 Å². The fraction of sp³-hybridized carbons (Fsp3) is 0.0714. The number of halogens is 2. The largest absolute Gasteiger partial charge is 0.388 e. The average molecular weight is 295 g/mol. The molecule has 0 aliphatic heterocycles. The summed E-state index contributed by atoms with van der Waals surface area (Å²) >= 11 is 11.9. The van der Waals surface area contributed by atoms with Crippen molar-refractivity contribution in [2.24, 2.45) is 0 Å². The smallest absolute Gasteiger partial charge is 0.255 e. The number of carbonyl (C=O) groups is 1. The molecule has 2 rings (SSSR count). The third kappa shape index (κ3) is 3.19. The van der Waals surface area contributed by atoms with Crippen molar-refractivity contribution >= 4 is 40.5 Å². The lowest BCUT2D eigenvalue weighted by Gasteiger charge is -2.08. The number of benzene rings is 2. The topological polar surface area (TPSA) is 41.1 Å². The van der Waals surface area contributed by atoms with Crippen LogP contribution in [0.5, 0.6) is 0 Å². The van der Waals surface area contributed by atoms with E-state index < -0.39 is 0 Å². The molecule has 0 unspecified atom stereocenters. The third-order valence-electron chi connectivity index (χ3n) is 2.64. The SMILES string of the molecule is CNc1ccc(C(=O)Nc2cccc(Cl)c2Cl)cc1. The Bertz CT molecular complexity index is 597. The van der Waals surface area contributed by atoms with Crippen LogP contribution in [0.2, 0.25) is 10.0 Å². The van der Waals surface area contributed by atoms with Gasteiger partial charge in [-0.25, -0.2) is 0 Å². The molecule has 2 aromatic rings. The predicted octanol–water partition coefficient (Wildman–Crippen LogP) is 4.29. The van der Waals surface area contributed by atoms with E-state index in [1.807, 2.05) is 19.2 Å². The Morgan fingerprint density at radius 1 is 1.05 bits per heavy atom. The second kappa shape index (κ2) is 5.95. The summed E-state index contributed by atoms with van der Waals surface area (Å²) < 4.78 is 0. The Labute approximate surface area is 121 Å². The van der Waals surface area contributed by atoms with Crippen molar-refractivity contribution in [3.63, 3.8) is 0 Å². The summed E-state index contributed by atoms with van der Waals surface area (Å²) in [5, 5.41) is 6.46. The van der Waals surface area contributed by atoms with Gasteiger partial charge in [0, 0.05) is 18.3 Å². The second-order valence-electron chi connectivity index (χ2n) is 3.88. The number of amides is 1. The molecule has 0 fully saturated rings. The van der Waals surface area contributed by atoms with Gasteiger partial charge >= 0.3 is 0 Å². The van der Waals surface area contributed by atoms with Gasteiger partial charge in [-0.15, -0.1) is 0 Å². The van der Waals surface area contributed by atoms with E-state index in [-0.39, 0.29) is 5.91 Å². The van der Waals surface area contributed by atoms with Gasteiger partial charge in [0.1, 0.15) is 0 Å². The molecule has 0 saturated heterocycles. The predicted molar refractivity (Wildman–Crippen MR) is 80.4 cm³/mol. The zero-order chi connectivity index (χ0) is 13.8. The van der Waals surface area contributed by atoms with Crippen molar-refractivity contribution in [3.8, 4) is 0 Å². The summed E-state index contributed by atoms with van der Waals surface area (Å²) in [6, 6.07) is 12.2. The van der Waals surface area contributed by atoms with Crippen LogP contribution in [0.15, 0.2) is 42.5 Å². The van der Waals surface area contributed by atoms with Crippen LogP contribution in [0.4, 0.5) is 11.4 Å². The van der Waals surface area contributed by atoms with E-state index in [0.29, 0.717) is 21.3 Å². The van der Waals surface area contributed by atoms with Crippen LogP contribution < -0.4 is 10.6 Å². The zero-order valence-electron chi connectivity index (χ0n) is 10.2. The highest BCUT2D eigenvalue weighted by atomic mass is 35.5. The maximum atomic E-state index is 12.0. The first-order chi connectivity index (χ1) is 9.11. The highest BCUT2D eigenvalue weighted by Crippen LogP contribution is 2.29. The lowest BCUT2D eigenvalue weighted by Crippen LogP contribution is -2.12. The van der Waals surface area contributed by atoms with Crippen LogP contribution in [-0.4, -0.2) is 13.0 Å². The minimum atomic E-state index is -0.230. The van der Waals surface area contributed by atoms with E-state index in [4.69, 9.17) is 23.2 Å². The Kier molecular flexibility index (Phi) is 4.30. The second-order valence-corrected chi connectivity index (χ2v) is 4.67. The maximum Gasteiger partial charge on any atom is 0.255 e. The van der Waals surface area contributed by atoms with E-state index in [9.17, 15) is 4.79 Å². The van der Waals surface area contributed by atoms with Gasteiger partial charge in [-0.1, -0.05) is 29.3 Å². The molecule has 0 radical (unpaired) electrons. The van der Waals surface area contributed by atoms with Crippen LogP contribution in [0, 0.1) is 0 Å². The van der Waals surface area contributed by atoms with E-state index in [0.717, 1.165) is 5.69 Å². The van der Waals surface area contributed by atoms with Crippen molar-refractivity contribution in [2.45, 2.75) is 0 Å². The standard InChI is InChI=1S/C14H12Cl2N2O/c1-17-10-7-5-9(6-8-10)14(19)18-12-4-2-3-11(15)13(12)16/h2-8,17H,1H3,(H,18,19). The van der Waals surface area contributed by atoms with Gasteiger partial charge in [0.15, 0.2) is 0 Å². The summed E-state index contributed by atoms with van der Waals surface area (Å²) in [7, 11) is 1.82. The Morgan fingerprint density at radius 2 is 1.74 bits per heavy atom. The van der Waals surface area contributed by atoms with Gasteiger partial charge in [0.05, 0.1) is 15.7 Å². The molecule has 0 saturated carbocycles. The molecule has 0 atom stereocenters. The van der Waals surface area contributed by atoms with Gasteiger partial charge in [0.25, 0.3) is 5.91 Å². The minimum absolute atomic E-state index is 0.230. The van der Waals surface area contributed by atoms with Crippen molar-refractivity contribution in [3.05, 3.63) is 58.1 Å². The molecule has 1 amide bonds. The molecule has 2 N–H and O–H groups in total. The molecular weight excluding hydrogens is 283 g/mol. The van der Waals surface area contributed by atoms with Crippen LogP contribution in [-0.2, 0) is 0 Å². The average Bonchev–Trinajstić information content (AvgIpc) is 2.44. The molecule has 2 aromatic carbocycles. The monoisotopic (exact) mass is 294 g/mol. The Balaban J connectivity index is 2.18. The molecule has 0 heterocycles. The Morgan fingerprint density at radius 3 is 2.37 bits per heavy atom. The lowest BCUT2D eigenvalue weighted by molar-refractivity contribution is 0.102. The van der Waals surface area contributed by atoms with E-state index in [1.54, 1.807) is 30.3 Å². The van der Waals surface area contributed by atoms with Crippen LogP contribution in [0.1, 0.15) is 10.4 Å². The quantitative estimate of drug-likeness (QED) is 0.887. The summed E-state index contributed by atoms with van der Waals surface area (Å²) in [5.74, 6) is -0.230. The first kappa shape index (κ1) is 13.7. The van der Waals surface area contributed by atoms with Crippen molar-refractivity contribution in [1.82, 2.24) is 0 Å². The number of rotatable bonds is 3. The number of anilines is 2.